The SMILES string of the molecule is CCN1CCCC1CNC(N)=NCc1ccccc1Br. The van der Waals surface area contributed by atoms with E-state index < -0.39 is 0 Å². The van der Waals surface area contributed by atoms with Gasteiger partial charge in [0.15, 0.2) is 5.96 Å². The van der Waals surface area contributed by atoms with Crippen LogP contribution in [-0.2, 0) is 6.54 Å². The minimum atomic E-state index is 0.531. The molecule has 0 spiro atoms. The molecule has 0 bridgehead atoms. The van der Waals surface area contributed by atoms with E-state index in [0.717, 1.165) is 23.1 Å². The zero-order chi connectivity index (χ0) is 14.4. The second-order valence-corrected chi connectivity index (χ2v) is 5.95. The molecule has 0 radical (unpaired) electrons. The van der Waals surface area contributed by atoms with Crippen molar-refractivity contribution in [3.8, 4) is 0 Å². The highest BCUT2D eigenvalue weighted by molar-refractivity contribution is 9.10. The molecule has 1 heterocycles. The standard InChI is InChI=1S/C15H23BrN4/c1-2-20-9-5-7-13(20)11-19-15(17)18-10-12-6-3-4-8-14(12)16/h3-4,6,8,13H,2,5,7,9-11H2,1H3,(H3,17,18,19). The molecule has 1 unspecified atom stereocenters. The Morgan fingerprint density at radius 1 is 1.50 bits per heavy atom. The number of nitrogens with two attached hydrogens (primary N) is 1. The van der Waals surface area contributed by atoms with Gasteiger partial charge in [0, 0.05) is 17.1 Å². The summed E-state index contributed by atoms with van der Waals surface area (Å²) in [6, 6.07) is 8.68. The third-order valence-electron chi connectivity index (χ3n) is 3.80. The molecule has 3 N–H and O–H groups in total. The van der Waals surface area contributed by atoms with Gasteiger partial charge in [-0.3, -0.25) is 4.90 Å². The first-order valence-corrected chi connectivity index (χ1v) is 8.01. The molecule has 1 aliphatic rings. The Hall–Kier alpha value is -1.07. The number of aliphatic imine (C=N–C) groups is 1. The molecule has 4 nitrogen and oxygen atoms in total. The van der Waals surface area contributed by atoms with Crippen molar-refractivity contribution in [2.45, 2.75) is 32.4 Å². The smallest absolute Gasteiger partial charge is 0.188 e. The van der Waals surface area contributed by atoms with Gasteiger partial charge in [-0.05, 0) is 37.6 Å². The summed E-state index contributed by atoms with van der Waals surface area (Å²) in [6.07, 6.45) is 2.53. The summed E-state index contributed by atoms with van der Waals surface area (Å²) in [4.78, 5) is 6.90. The molecule has 0 aromatic heterocycles. The number of halogens is 1. The summed E-state index contributed by atoms with van der Waals surface area (Å²) in [6.45, 7) is 6.02. The van der Waals surface area contributed by atoms with E-state index in [9.17, 15) is 0 Å². The number of likely N-dealkylation sites (tertiary alicyclic amines) is 1. The first-order valence-electron chi connectivity index (χ1n) is 7.22. The van der Waals surface area contributed by atoms with Gasteiger partial charge in [0.25, 0.3) is 0 Å². The molecule has 1 atom stereocenters. The van der Waals surface area contributed by atoms with Crippen LogP contribution in [0.2, 0.25) is 0 Å². The minimum absolute atomic E-state index is 0.531. The van der Waals surface area contributed by atoms with E-state index in [1.165, 1.54) is 19.4 Å². The lowest BCUT2D eigenvalue weighted by molar-refractivity contribution is 0.267. The fraction of sp³-hybridized carbons (Fsp3) is 0.533. The fourth-order valence-corrected chi connectivity index (χ4v) is 3.03. The highest BCUT2D eigenvalue weighted by Gasteiger charge is 2.22. The van der Waals surface area contributed by atoms with Gasteiger partial charge in [-0.25, -0.2) is 4.99 Å². The van der Waals surface area contributed by atoms with Crippen molar-refractivity contribution in [1.82, 2.24) is 10.2 Å². The van der Waals surface area contributed by atoms with Crippen LogP contribution in [0.3, 0.4) is 0 Å². The van der Waals surface area contributed by atoms with Crippen molar-refractivity contribution in [2.75, 3.05) is 19.6 Å². The van der Waals surface area contributed by atoms with Crippen molar-refractivity contribution in [3.63, 3.8) is 0 Å². The van der Waals surface area contributed by atoms with E-state index >= 15 is 0 Å². The summed E-state index contributed by atoms with van der Waals surface area (Å²) >= 11 is 3.52. The molecule has 2 rings (SSSR count). The van der Waals surface area contributed by atoms with Gasteiger partial charge in [0.1, 0.15) is 0 Å². The molecular weight excluding hydrogens is 316 g/mol. The summed E-state index contributed by atoms with van der Waals surface area (Å²) in [7, 11) is 0. The number of nitrogens with one attached hydrogen (secondary N) is 1. The molecule has 0 amide bonds. The molecule has 110 valence electrons. The Morgan fingerprint density at radius 2 is 2.30 bits per heavy atom. The lowest BCUT2D eigenvalue weighted by Crippen LogP contribution is -2.42. The van der Waals surface area contributed by atoms with Crippen molar-refractivity contribution in [1.29, 1.82) is 0 Å². The number of guanidine groups is 1. The van der Waals surface area contributed by atoms with E-state index in [2.05, 4.69) is 44.1 Å². The molecule has 20 heavy (non-hydrogen) atoms. The Labute approximate surface area is 129 Å². The molecule has 5 heteroatoms. The summed E-state index contributed by atoms with van der Waals surface area (Å²) in [5.74, 6) is 0.531. The maximum absolute atomic E-state index is 5.94. The van der Waals surface area contributed by atoms with E-state index in [-0.39, 0.29) is 0 Å². The van der Waals surface area contributed by atoms with E-state index in [1.807, 2.05) is 18.2 Å². The fourth-order valence-electron chi connectivity index (χ4n) is 2.62. The molecule has 1 fully saturated rings. The monoisotopic (exact) mass is 338 g/mol. The topological polar surface area (TPSA) is 53.6 Å². The highest BCUT2D eigenvalue weighted by atomic mass is 79.9. The maximum atomic E-state index is 5.94. The molecule has 0 saturated carbocycles. The van der Waals surface area contributed by atoms with Crippen LogP contribution in [0, 0.1) is 0 Å². The van der Waals surface area contributed by atoms with Gasteiger partial charge in [0.05, 0.1) is 6.54 Å². The Balaban J connectivity index is 1.81. The van der Waals surface area contributed by atoms with Crippen molar-refractivity contribution >= 4 is 21.9 Å². The third-order valence-corrected chi connectivity index (χ3v) is 4.58. The quantitative estimate of drug-likeness (QED) is 0.640. The Morgan fingerprint density at radius 3 is 3.05 bits per heavy atom. The van der Waals surface area contributed by atoms with Crippen LogP contribution in [0.15, 0.2) is 33.7 Å². The van der Waals surface area contributed by atoms with E-state index in [0.29, 0.717) is 18.5 Å². The molecular formula is C15H23BrN4. The third kappa shape index (κ3) is 4.21. The van der Waals surface area contributed by atoms with Crippen molar-refractivity contribution < 1.29 is 0 Å². The minimum Gasteiger partial charge on any atom is -0.370 e. The Bertz CT molecular complexity index is 461. The van der Waals surface area contributed by atoms with Gasteiger partial charge < -0.3 is 11.1 Å². The first kappa shape index (κ1) is 15.3. The number of hydrogen-bond acceptors (Lipinski definition) is 2. The average Bonchev–Trinajstić information content (AvgIpc) is 2.91. The first-order chi connectivity index (χ1) is 9.70. The van der Waals surface area contributed by atoms with Crippen LogP contribution in [0.1, 0.15) is 25.3 Å². The van der Waals surface area contributed by atoms with Gasteiger partial charge in [0.2, 0.25) is 0 Å². The second kappa shape index (κ2) is 7.64. The van der Waals surface area contributed by atoms with Crippen LogP contribution in [0.25, 0.3) is 0 Å². The largest absolute Gasteiger partial charge is 0.370 e. The highest BCUT2D eigenvalue weighted by Crippen LogP contribution is 2.17. The maximum Gasteiger partial charge on any atom is 0.188 e. The van der Waals surface area contributed by atoms with Crippen LogP contribution in [0.4, 0.5) is 0 Å². The molecule has 0 aliphatic carbocycles. The molecule has 1 saturated heterocycles. The van der Waals surface area contributed by atoms with Crippen LogP contribution in [0.5, 0.6) is 0 Å². The second-order valence-electron chi connectivity index (χ2n) is 5.10. The van der Waals surface area contributed by atoms with Gasteiger partial charge in [-0.15, -0.1) is 0 Å². The predicted octanol–water partition coefficient (Wildman–Crippen LogP) is 2.34. The van der Waals surface area contributed by atoms with Crippen molar-refractivity contribution in [3.05, 3.63) is 34.3 Å². The van der Waals surface area contributed by atoms with Crippen molar-refractivity contribution in [2.24, 2.45) is 10.7 Å². The lowest BCUT2D eigenvalue weighted by atomic mass is 10.2. The van der Waals surface area contributed by atoms with Crippen LogP contribution in [-0.4, -0.2) is 36.5 Å². The molecule has 1 aliphatic heterocycles. The average molecular weight is 339 g/mol. The van der Waals surface area contributed by atoms with Gasteiger partial charge in [-0.2, -0.15) is 0 Å². The number of likely N-dealkylation sites (N-methyl/N-ethyl adjacent to an activating group) is 1. The number of hydrogen-bond donors (Lipinski definition) is 2. The zero-order valence-corrected chi connectivity index (χ0v) is 13.6. The summed E-state index contributed by atoms with van der Waals surface area (Å²) in [5.41, 5.74) is 7.09. The Kier molecular flexibility index (Phi) is 5.86. The zero-order valence-electron chi connectivity index (χ0n) is 12.0. The predicted molar refractivity (Wildman–Crippen MR) is 87.7 cm³/mol. The van der Waals surface area contributed by atoms with Gasteiger partial charge in [-0.1, -0.05) is 41.1 Å². The number of nitrogens with zero attached hydrogens (tertiary/aromatic N) is 2. The molecule has 1 aromatic carbocycles. The van der Waals surface area contributed by atoms with Crippen LogP contribution >= 0.6 is 15.9 Å². The number of benzene rings is 1. The summed E-state index contributed by atoms with van der Waals surface area (Å²) in [5, 5.41) is 3.25. The lowest BCUT2D eigenvalue weighted by Gasteiger charge is -2.23. The van der Waals surface area contributed by atoms with Crippen LogP contribution < -0.4 is 11.1 Å². The van der Waals surface area contributed by atoms with Gasteiger partial charge >= 0.3 is 0 Å². The number of rotatable bonds is 5. The van der Waals surface area contributed by atoms with E-state index in [4.69, 9.17) is 5.73 Å². The van der Waals surface area contributed by atoms with E-state index in [1.54, 1.807) is 0 Å². The summed E-state index contributed by atoms with van der Waals surface area (Å²) < 4.78 is 1.07. The normalized spacial score (nSPS) is 20.3. The molecule has 1 aromatic rings.